The highest BCUT2D eigenvalue weighted by Crippen LogP contribution is 2.22. The van der Waals surface area contributed by atoms with Crippen molar-refractivity contribution in [1.29, 1.82) is 0 Å². The molecule has 0 aliphatic heterocycles. The number of aromatic nitrogens is 2. The van der Waals surface area contributed by atoms with Gasteiger partial charge in [-0.15, -0.1) is 0 Å². The van der Waals surface area contributed by atoms with Gasteiger partial charge in [0.25, 0.3) is 0 Å². The first-order valence-corrected chi connectivity index (χ1v) is 12.2. The third kappa shape index (κ3) is 7.62. The van der Waals surface area contributed by atoms with Crippen LogP contribution in [-0.4, -0.2) is 65.9 Å². The van der Waals surface area contributed by atoms with E-state index in [0.717, 1.165) is 10.4 Å². The van der Waals surface area contributed by atoms with Crippen LogP contribution in [0.15, 0.2) is 41.1 Å². The maximum Gasteiger partial charge on any atom is 0.407 e. The van der Waals surface area contributed by atoms with Gasteiger partial charge < -0.3 is 15.2 Å². The zero-order chi connectivity index (χ0) is 26.6. The van der Waals surface area contributed by atoms with E-state index in [0.29, 0.717) is 16.8 Å². The van der Waals surface area contributed by atoms with Gasteiger partial charge in [-0.2, -0.15) is 5.10 Å². The number of nitrogens with zero attached hydrogens (tertiary/aromatic N) is 3. The number of amides is 1. The minimum absolute atomic E-state index is 0.109. The van der Waals surface area contributed by atoms with Gasteiger partial charge in [0, 0.05) is 38.3 Å². The second kappa shape index (κ2) is 11.0. The largest absolute Gasteiger partial charge is 0.476 e. The smallest absolute Gasteiger partial charge is 0.407 e. The highest BCUT2D eigenvalue weighted by molar-refractivity contribution is 7.89. The molecule has 0 saturated carbocycles. The number of carbonyl (C=O) groups excluding carboxylic acids is 1. The molecule has 0 unspecified atom stereocenters. The van der Waals surface area contributed by atoms with Crippen LogP contribution in [0.4, 0.5) is 9.18 Å². The molecule has 0 aliphatic carbocycles. The summed E-state index contributed by atoms with van der Waals surface area (Å²) >= 11 is 0. The summed E-state index contributed by atoms with van der Waals surface area (Å²) in [6, 6.07) is 6.10. The number of benzene rings is 1. The van der Waals surface area contributed by atoms with Gasteiger partial charge in [-0.1, -0.05) is 12.1 Å². The van der Waals surface area contributed by atoms with Crippen LogP contribution in [0.2, 0.25) is 0 Å². The maximum atomic E-state index is 14.4. The number of allylic oxidation sites excluding steroid dienone is 1. The summed E-state index contributed by atoms with van der Waals surface area (Å²) < 4.78 is 46.3. The number of carbonyl (C=O) groups is 2. The third-order valence-corrected chi connectivity index (χ3v) is 6.71. The number of hydrogen-bond acceptors (Lipinski definition) is 6. The summed E-state index contributed by atoms with van der Waals surface area (Å²) in [4.78, 5) is 23.5. The highest BCUT2D eigenvalue weighted by atomic mass is 32.2. The normalized spacial score (nSPS) is 12.6. The van der Waals surface area contributed by atoms with Crippen molar-refractivity contribution in [3.05, 3.63) is 58.7 Å². The topological polar surface area (TPSA) is 131 Å². The van der Waals surface area contributed by atoms with Crippen LogP contribution < -0.4 is 5.32 Å². The molecule has 0 fully saturated rings. The molecular weight excluding hydrogens is 479 g/mol. The van der Waals surface area contributed by atoms with E-state index < -0.39 is 33.5 Å². The summed E-state index contributed by atoms with van der Waals surface area (Å²) in [6.07, 6.45) is 0.632. The van der Waals surface area contributed by atoms with Gasteiger partial charge in [0.2, 0.25) is 10.0 Å². The van der Waals surface area contributed by atoms with E-state index in [-0.39, 0.29) is 30.1 Å². The molecule has 192 valence electrons. The van der Waals surface area contributed by atoms with Gasteiger partial charge in [-0.3, -0.25) is 4.68 Å². The van der Waals surface area contributed by atoms with Crippen LogP contribution in [0.1, 0.15) is 48.1 Å². The lowest BCUT2D eigenvalue weighted by atomic mass is 10.0. The highest BCUT2D eigenvalue weighted by Gasteiger charge is 2.22. The van der Waals surface area contributed by atoms with Crippen LogP contribution >= 0.6 is 0 Å². The minimum Gasteiger partial charge on any atom is -0.476 e. The summed E-state index contributed by atoms with van der Waals surface area (Å²) in [6.45, 7) is 6.33. The van der Waals surface area contributed by atoms with Crippen molar-refractivity contribution in [1.82, 2.24) is 19.4 Å². The average Bonchev–Trinajstić information content (AvgIpc) is 3.02. The number of ether oxygens (including phenoxy) is 1. The molecule has 2 N–H and O–H groups in total. The average molecular weight is 511 g/mol. The first-order chi connectivity index (χ1) is 16.1. The number of aromatic carboxylic acids is 1. The van der Waals surface area contributed by atoms with Crippen molar-refractivity contribution in [2.75, 3.05) is 20.6 Å². The van der Waals surface area contributed by atoms with E-state index in [4.69, 9.17) is 4.74 Å². The molecule has 35 heavy (non-hydrogen) atoms. The maximum absolute atomic E-state index is 14.4. The monoisotopic (exact) mass is 510 g/mol. The Labute approximate surface area is 204 Å². The number of carboxylic acid groups (broad SMARTS) is 1. The van der Waals surface area contributed by atoms with Gasteiger partial charge in [-0.25, -0.2) is 26.7 Å². The number of nitrogens with one attached hydrogen (secondary N) is 1. The van der Waals surface area contributed by atoms with Gasteiger partial charge in [0.05, 0.1) is 11.4 Å². The zero-order valence-electron chi connectivity index (χ0n) is 20.6. The number of carboxylic acids is 1. The number of rotatable bonds is 9. The Kier molecular flexibility index (Phi) is 8.79. The fraction of sp³-hybridized carbons (Fsp3) is 0.435. The third-order valence-electron chi connectivity index (χ3n) is 4.89. The molecule has 0 saturated heterocycles. The second-order valence-electron chi connectivity index (χ2n) is 9.02. The van der Waals surface area contributed by atoms with Crippen LogP contribution in [0.25, 0.3) is 0 Å². The molecule has 12 heteroatoms. The Morgan fingerprint density at radius 2 is 1.83 bits per heavy atom. The minimum atomic E-state index is -3.59. The SMILES string of the molecule is Cc1c(Cc2ccc(S(=O)(=O)N(C)C)cc2)c(C(=O)O)nn1C/C(F)=C/CNC(=O)OC(C)(C)C. The van der Waals surface area contributed by atoms with Gasteiger partial charge >= 0.3 is 12.1 Å². The molecule has 1 heterocycles. The van der Waals surface area contributed by atoms with Crippen LogP contribution in [0, 0.1) is 6.92 Å². The van der Waals surface area contributed by atoms with E-state index in [1.807, 2.05) is 0 Å². The lowest BCUT2D eigenvalue weighted by molar-refractivity contribution is 0.0533. The molecule has 0 radical (unpaired) electrons. The lowest BCUT2D eigenvalue weighted by Crippen LogP contribution is -2.32. The van der Waals surface area contributed by atoms with Gasteiger partial charge in [-0.05, 0) is 51.5 Å². The Balaban J connectivity index is 2.18. The summed E-state index contributed by atoms with van der Waals surface area (Å²) in [5.41, 5.74) is 0.623. The molecule has 1 amide bonds. The van der Waals surface area contributed by atoms with Crippen LogP contribution in [-0.2, 0) is 27.7 Å². The molecule has 0 atom stereocenters. The lowest BCUT2D eigenvalue weighted by Gasteiger charge is -2.19. The van der Waals surface area contributed by atoms with E-state index in [2.05, 4.69) is 10.4 Å². The van der Waals surface area contributed by atoms with E-state index in [1.165, 1.54) is 30.9 Å². The molecule has 1 aromatic heterocycles. The molecule has 1 aromatic carbocycles. The first-order valence-electron chi connectivity index (χ1n) is 10.7. The number of hydrogen-bond donors (Lipinski definition) is 2. The van der Waals surface area contributed by atoms with Crippen molar-refractivity contribution in [3.8, 4) is 0 Å². The fourth-order valence-electron chi connectivity index (χ4n) is 3.08. The summed E-state index contributed by atoms with van der Waals surface area (Å²) in [5, 5.41) is 16.0. The predicted octanol–water partition coefficient (Wildman–Crippen LogP) is 3.11. The van der Waals surface area contributed by atoms with Crippen molar-refractivity contribution < 1.29 is 32.2 Å². The van der Waals surface area contributed by atoms with Crippen molar-refractivity contribution in [2.45, 2.75) is 51.2 Å². The number of alkyl carbamates (subject to hydrolysis) is 1. The van der Waals surface area contributed by atoms with Crippen LogP contribution in [0.3, 0.4) is 0 Å². The molecular formula is C23H31FN4O6S. The Hall–Kier alpha value is -3.25. The van der Waals surface area contributed by atoms with E-state index in [1.54, 1.807) is 39.8 Å². The van der Waals surface area contributed by atoms with Gasteiger partial charge in [0.1, 0.15) is 11.4 Å². The Bertz CT molecular complexity index is 1210. The molecule has 0 spiro atoms. The zero-order valence-corrected chi connectivity index (χ0v) is 21.4. The van der Waals surface area contributed by atoms with Crippen molar-refractivity contribution in [2.24, 2.45) is 0 Å². The second-order valence-corrected chi connectivity index (χ2v) is 11.2. The van der Waals surface area contributed by atoms with Crippen LogP contribution in [0.5, 0.6) is 0 Å². The Morgan fingerprint density at radius 3 is 2.34 bits per heavy atom. The molecule has 2 aromatic rings. The number of sulfonamides is 1. The standard InChI is InChI=1S/C23H31FN4O6S/c1-15-19(13-16-7-9-18(10-8-16)35(32,33)27(5)6)20(21(29)30)26-28(15)14-17(24)11-12-25-22(31)34-23(2,3)4/h7-11H,12-14H2,1-6H3,(H,25,31)(H,29,30)/b17-11-. The molecule has 2 rings (SSSR count). The van der Waals surface area contributed by atoms with Crippen molar-refractivity contribution >= 4 is 22.1 Å². The summed E-state index contributed by atoms with van der Waals surface area (Å²) in [5.74, 6) is -1.88. The van der Waals surface area contributed by atoms with E-state index >= 15 is 0 Å². The molecule has 10 nitrogen and oxygen atoms in total. The summed E-state index contributed by atoms with van der Waals surface area (Å²) in [7, 11) is -0.723. The molecule has 0 bridgehead atoms. The predicted molar refractivity (Wildman–Crippen MR) is 127 cm³/mol. The van der Waals surface area contributed by atoms with Crippen molar-refractivity contribution in [3.63, 3.8) is 0 Å². The number of halogens is 1. The fourth-order valence-corrected chi connectivity index (χ4v) is 3.98. The van der Waals surface area contributed by atoms with Gasteiger partial charge in [0.15, 0.2) is 5.69 Å². The molecule has 0 aliphatic rings. The Morgan fingerprint density at radius 1 is 1.23 bits per heavy atom. The van der Waals surface area contributed by atoms with E-state index in [9.17, 15) is 27.5 Å². The quantitative estimate of drug-likeness (QED) is 0.530. The first kappa shape index (κ1) is 28.0.